The van der Waals surface area contributed by atoms with Crippen LogP contribution in [0, 0.1) is 6.92 Å². The molecule has 0 aliphatic rings. The Morgan fingerprint density at radius 3 is 2.48 bits per heavy atom. The van der Waals surface area contributed by atoms with Gasteiger partial charge in [0.2, 0.25) is 5.91 Å². The Morgan fingerprint density at radius 1 is 1.07 bits per heavy atom. The predicted molar refractivity (Wildman–Crippen MR) is 117 cm³/mol. The summed E-state index contributed by atoms with van der Waals surface area (Å²) < 4.78 is 0. The molecule has 0 saturated heterocycles. The number of hydrogen-bond donors (Lipinski definition) is 2. The van der Waals surface area contributed by atoms with Gasteiger partial charge in [-0.15, -0.1) is 11.3 Å². The van der Waals surface area contributed by atoms with Crippen LogP contribution in [0.2, 0.25) is 0 Å². The van der Waals surface area contributed by atoms with Crippen molar-refractivity contribution in [3.05, 3.63) is 81.3 Å². The lowest BCUT2D eigenvalue weighted by molar-refractivity contribution is -0.115. The van der Waals surface area contributed by atoms with Crippen LogP contribution in [0.4, 0.5) is 5.69 Å². The number of nitrogens with one attached hydrogen (secondary N) is 2. The highest BCUT2D eigenvalue weighted by molar-refractivity contribution is 7.09. The average molecular weight is 408 g/mol. The quantitative estimate of drug-likeness (QED) is 0.597. The highest BCUT2D eigenvalue weighted by Crippen LogP contribution is 2.20. The lowest BCUT2D eigenvalue weighted by Crippen LogP contribution is -2.25. The van der Waals surface area contributed by atoms with Gasteiger partial charge in [-0.2, -0.15) is 0 Å². The molecule has 0 saturated carbocycles. The van der Waals surface area contributed by atoms with Crippen molar-refractivity contribution in [2.45, 2.75) is 39.7 Å². The summed E-state index contributed by atoms with van der Waals surface area (Å²) >= 11 is 1.56. The van der Waals surface area contributed by atoms with E-state index in [2.05, 4.69) is 29.5 Å². The minimum absolute atomic E-state index is 0.183. The Morgan fingerprint density at radius 2 is 1.79 bits per heavy atom. The van der Waals surface area contributed by atoms with E-state index in [1.54, 1.807) is 35.6 Å². The molecular formula is C23H25N3O2S. The Hall–Kier alpha value is -2.99. The van der Waals surface area contributed by atoms with Crippen LogP contribution in [-0.2, 0) is 17.8 Å². The van der Waals surface area contributed by atoms with E-state index in [0.717, 1.165) is 16.3 Å². The fraction of sp³-hybridized carbons (Fsp3) is 0.261. The van der Waals surface area contributed by atoms with E-state index in [4.69, 9.17) is 0 Å². The smallest absolute Gasteiger partial charge is 0.253 e. The molecule has 3 rings (SSSR count). The van der Waals surface area contributed by atoms with Gasteiger partial charge in [-0.25, -0.2) is 4.98 Å². The van der Waals surface area contributed by atoms with E-state index in [0.29, 0.717) is 23.7 Å². The van der Waals surface area contributed by atoms with E-state index in [1.165, 1.54) is 5.56 Å². The van der Waals surface area contributed by atoms with Crippen molar-refractivity contribution >= 4 is 28.8 Å². The molecule has 2 N–H and O–H groups in total. The Kier molecular flexibility index (Phi) is 6.77. The van der Waals surface area contributed by atoms with Crippen LogP contribution in [0.1, 0.15) is 52.0 Å². The number of aryl methyl sites for hydroxylation is 1. The van der Waals surface area contributed by atoms with Crippen LogP contribution < -0.4 is 10.6 Å². The van der Waals surface area contributed by atoms with Crippen LogP contribution in [0.15, 0.2) is 53.9 Å². The number of para-hydroxylation sites is 1. The van der Waals surface area contributed by atoms with Crippen LogP contribution >= 0.6 is 11.3 Å². The van der Waals surface area contributed by atoms with Crippen molar-refractivity contribution in [3.63, 3.8) is 0 Å². The molecule has 150 valence electrons. The van der Waals surface area contributed by atoms with E-state index < -0.39 is 0 Å². The zero-order valence-electron chi connectivity index (χ0n) is 16.9. The van der Waals surface area contributed by atoms with Gasteiger partial charge < -0.3 is 10.6 Å². The summed E-state index contributed by atoms with van der Waals surface area (Å²) in [5, 5.41) is 8.69. The number of amides is 2. The second-order valence-corrected chi connectivity index (χ2v) is 8.16. The Balaban J connectivity index is 1.63. The number of thiazole rings is 1. The van der Waals surface area contributed by atoms with Gasteiger partial charge in [0.15, 0.2) is 0 Å². The first-order valence-electron chi connectivity index (χ1n) is 9.59. The first kappa shape index (κ1) is 20.7. The normalized spacial score (nSPS) is 10.8. The zero-order valence-corrected chi connectivity index (χ0v) is 17.7. The van der Waals surface area contributed by atoms with E-state index in [-0.39, 0.29) is 18.2 Å². The first-order chi connectivity index (χ1) is 13.9. The summed E-state index contributed by atoms with van der Waals surface area (Å²) in [7, 11) is 0. The van der Waals surface area contributed by atoms with Crippen molar-refractivity contribution in [2.24, 2.45) is 0 Å². The lowest BCUT2D eigenvalue weighted by Gasteiger charge is -2.11. The summed E-state index contributed by atoms with van der Waals surface area (Å²) in [6.07, 6.45) is 0.183. The van der Waals surface area contributed by atoms with Crippen molar-refractivity contribution in [2.75, 3.05) is 5.32 Å². The molecule has 0 radical (unpaired) electrons. The highest BCUT2D eigenvalue weighted by atomic mass is 32.1. The average Bonchev–Trinajstić information content (AvgIpc) is 3.16. The van der Waals surface area contributed by atoms with Crippen LogP contribution in [0.3, 0.4) is 0 Å². The van der Waals surface area contributed by atoms with Crippen molar-refractivity contribution < 1.29 is 9.59 Å². The van der Waals surface area contributed by atoms with Gasteiger partial charge in [0, 0.05) is 17.8 Å². The summed E-state index contributed by atoms with van der Waals surface area (Å²) in [6, 6.07) is 15.0. The van der Waals surface area contributed by atoms with Crippen molar-refractivity contribution in [3.8, 4) is 0 Å². The minimum atomic E-state index is -0.225. The van der Waals surface area contributed by atoms with Gasteiger partial charge >= 0.3 is 0 Å². The number of carbonyl (C=O) groups is 2. The molecule has 1 heterocycles. The van der Waals surface area contributed by atoms with Crippen LogP contribution in [-0.4, -0.2) is 16.8 Å². The second-order valence-electron chi connectivity index (χ2n) is 7.27. The minimum Gasteiger partial charge on any atom is -0.348 e. The Labute approximate surface area is 175 Å². The van der Waals surface area contributed by atoms with Gasteiger partial charge in [0.1, 0.15) is 0 Å². The molecule has 0 spiro atoms. The molecular weight excluding hydrogens is 382 g/mol. The maximum Gasteiger partial charge on any atom is 0.253 e. The maximum absolute atomic E-state index is 12.7. The molecule has 3 aromatic rings. The molecule has 29 heavy (non-hydrogen) atoms. The molecule has 0 bridgehead atoms. The molecule has 0 aliphatic carbocycles. The molecule has 0 unspecified atom stereocenters. The highest BCUT2D eigenvalue weighted by Gasteiger charge is 2.15. The monoisotopic (exact) mass is 407 g/mol. The van der Waals surface area contributed by atoms with Gasteiger partial charge in [-0.3, -0.25) is 9.59 Å². The molecule has 2 amide bonds. The Bertz CT molecular complexity index is 993. The SMILES string of the molecule is Cc1ccc(CNC(=O)c2ccccc2NC(=O)Cc2csc(C(C)C)n2)cc1. The molecule has 5 nitrogen and oxygen atoms in total. The summed E-state index contributed by atoms with van der Waals surface area (Å²) in [6.45, 7) is 6.61. The number of benzene rings is 2. The van der Waals surface area contributed by atoms with Gasteiger partial charge in [-0.05, 0) is 24.6 Å². The molecule has 0 aliphatic heterocycles. The fourth-order valence-corrected chi connectivity index (χ4v) is 3.64. The number of hydrogen-bond acceptors (Lipinski definition) is 4. The summed E-state index contributed by atoms with van der Waals surface area (Å²) in [4.78, 5) is 29.6. The molecule has 1 aromatic heterocycles. The van der Waals surface area contributed by atoms with E-state index in [9.17, 15) is 9.59 Å². The van der Waals surface area contributed by atoms with Gasteiger partial charge in [0.05, 0.1) is 28.4 Å². The van der Waals surface area contributed by atoms with Crippen LogP contribution in [0.25, 0.3) is 0 Å². The third-order valence-electron chi connectivity index (χ3n) is 4.42. The van der Waals surface area contributed by atoms with Crippen LogP contribution in [0.5, 0.6) is 0 Å². The number of rotatable bonds is 7. The molecule has 6 heteroatoms. The van der Waals surface area contributed by atoms with Gasteiger partial charge in [0.25, 0.3) is 5.91 Å². The number of nitrogens with zero attached hydrogens (tertiary/aromatic N) is 1. The summed E-state index contributed by atoms with van der Waals surface area (Å²) in [5.41, 5.74) is 3.88. The number of aromatic nitrogens is 1. The standard InChI is InChI=1S/C23H25N3O2S/c1-15(2)23-25-18(14-29-23)12-21(27)26-20-7-5-4-6-19(20)22(28)24-13-17-10-8-16(3)9-11-17/h4-11,14-15H,12-13H2,1-3H3,(H,24,28)(H,26,27). The zero-order chi connectivity index (χ0) is 20.8. The van der Waals surface area contributed by atoms with E-state index >= 15 is 0 Å². The lowest BCUT2D eigenvalue weighted by atomic mass is 10.1. The number of anilines is 1. The maximum atomic E-state index is 12.7. The topological polar surface area (TPSA) is 71.1 Å². The van der Waals surface area contributed by atoms with Crippen molar-refractivity contribution in [1.82, 2.24) is 10.3 Å². The first-order valence-corrected chi connectivity index (χ1v) is 10.5. The second kappa shape index (κ2) is 9.47. The number of carbonyl (C=O) groups excluding carboxylic acids is 2. The summed E-state index contributed by atoms with van der Waals surface area (Å²) in [5.74, 6) is -0.0728. The molecule has 0 fully saturated rings. The fourth-order valence-electron chi connectivity index (χ4n) is 2.80. The predicted octanol–water partition coefficient (Wildman–Crippen LogP) is 4.69. The molecule has 0 atom stereocenters. The van der Waals surface area contributed by atoms with Gasteiger partial charge in [-0.1, -0.05) is 55.8 Å². The third kappa shape index (κ3) is 5.74. The van der Waals surface area contributed by atoms with E-state index in [1.807, 2.05) is 36.6 Å². The third-order valence-corrected chi connectivity index (χ3v) is 5.62. The molecule has 2 aromatic carbocycles. The van der Waals surface area contributed by atoms with Crippen molar-refractivity contribution in [1.29, 1.82) is 0 Å². The largest absolute Gasteiger partial charge is 0.348 e.